The Balaban J connectivity index is 1.79. The summed E-state index contributed by atoms with van der Waals surface area (Å²) in [6.45, 7) is 3.84. The molecule has 0 aliphatic rings. The molecule has 3 rings (SSSR count). The Labute approximate surface area is 144 Å². The lowest BCUT2D eigenvalue weighted by molar-refractivity contribution is 0.102. The standard InChI is InChI=1S/C18H16ClN3O2/c1-11(2)24-17-8-7-12(9-13(17)19)21-18(23)16-10-20-14-5-3-4-6-15(14)22-16/h3-11H,1-2H3,(H,21,23). The average molecular weight is 342 g/mol. The molecule has 1 heterocycles. The number of ether oxygens (including phenoxy) is 1. The molecule has 122 valence electrons. The summed E-state index contributed by atoms with van der Waals surface area (Å²) in [7, 11) is 0. The van der Waals surface area contributed by atoms with Crippen LogP contribution in [0.15, 0.2) is 48.7 Å². The third-order valence-electron chi connectivity index (χ3n) is 3.23. The summed E-state index contributed by atoms with van der Waals surface area (Å²) in [5, 5.41) is 3.20. The van der Waals surface area contributed by atoms with Crippen LogP contribution >= 0.6 is 11.6 Å². The van der Waals surface area contributed by atoms with E-state index < -0.39 is 0 Å². The fraction of sp³-hybridized carbons (Fsp3) is 0.167. The summed E-state index contributed by atoms with van der Waals surface area (Å²) < 4.78 is 5.57. The summed E-state index contributed by atoms with van der Waals surface area (Å²) in [6.07, 6.45) is 1.48. The number of hydrogen-bond acceptors (Lipinski definition) is 4. The summed E-state index contributed by atoms with van der Waals surface area (Å²) in [6, 6.07) is 12.5. The highest BCUT2D eigenvalue weighted by atomic mass is 35.5. The molecule has 3 aromatic rings. The van der Waals surface area contributed by atoms with Gasteiger partial charge in [-0.15, -0.1) is 0 Å². The molecular formula is C18H16ClN3O2. The van der Waals surface area contributed by atoms with Gasteiger partial charge in [0.25, 0.3) is 5.91 Å². The summed E-state index contributed by atoms with van der Waals surface area (Å²) in [4.78, 5) is 20.9. The Hall–Kier alpha value is -2.66. The fourth-order valence-electron chi connectivity index (χ4n) is 2.19. The molecule has 0 saturated carbocycles. The minimum Gasteiger partial charge on any atom is -0.489 e. The summed E-state index contributed by atoms with van der Waals surface area (Å²) >= 11 is 6.18. The molecule has 0 fully saturated rings. The Morgan fingerprint density at radius 3 is 2.62 bits per heavy atom. The van der Waals surface area contributed by atoms with Gasteiger partial charge in [0.2, 0.25) is 0 Å². The Kier molecular flexibility index (Phi) is 4.62. The van der Waals surface area contributed by atoms with Crippen molar-refractivity contribution in [1.29, 1.82) is 0 Å². The van der Waals surface area contributed by atoms with Gasteiger partial charge in [0.1, 0.15) is 11.4 Å². The van der Waals surface area contributed by atoms with Crippen molar-refractivity contribution in [1.82, 2.24) is 9.97 Å². The third kappa shape index (κ3) is 3.63. The summed E-state index contributed by atoms with van der Waals surface area (Å²) in [5.74, 6) is 0.233. The number of benzene rings is 2. The van der Waals surface area contributed by atoms with Crippen molar-refractivity contribution < 1.29 is 9.53 Å². The second-order valence-electron chi connectivity index (χ2n) is 5.51. The van der Waals surface area contributed by atoms with E-state index in [2.05, 4.69) is 15.3 Å². The molecule has 0 atom stereocenters. The number of carbonyl (C=O) groups is 1. The zero-order chi connectivity index (χ0) is 17.1. The van der Waals surface area contributed by atoms with E-state index in [4.69, 9.17) is 16.3 Å². The lowest BCUT2D eigenvalue weighted by Crippen LogP contribution is -2.14. The monoisotopic (exact) mass is 341 g/mol. The minimum atomic E-state index is -0.346. The zero-order valence-electron chi connectivity index (χ0n) is 13.3. The highest BCUT2D eigenvalue weighted by Crippen LogP contribution is 2.28. The number of hydrogen-bond donors (Lipinski definition) is 1. The number of rotatable bonds is 4. The highest BCUT2D eigenvalue weighted by molar-refractivity contribution is 6.32. The van der Waals surface area contributed by atoms with E-state index in [1.54, 1.807) is 18.2 Å². The number of anilines is 1. The van der Waals surface area contributed by atoms with E-state index >= 15 is 0 Å². The number of nitrogens with zero attached hydrogens (tertiary/aromatic N) is 2. The molecule has 24 heavy (non-hydrogen) atoms. The zero-order valence-corrected chi connectivity index (χ0v) is 14.0. The molecule has 0 unspecified atom stereocenters. The second-order valence-corrected chi connectivity index (χ2v) is 5.92. The van der Waals surface area contributed by atoms with Gasteiger partial charge in [-0.1, -0.05) is 23.7 Å². The number of halogens is 1. The Morgan fingerprint density at radius 1 is 1.17 bits per heavy atom. The van der Waals surface area contributed by atoms with Gasteiger partial charge in [0.05, 0.1) is 28.4 Å². The number of carbonyl (C=O) groups excluding carboxylic acids is 1. The van der Waals surface area contributed by atoms with Gasteiger partial charge in [-0.3, -0.25) is 9.78 Å². The lowest BCUT2D eigenvalue weighted by Gasteiger charge is -2.12. The van der Waals surface area contributed by atoms with Gasteiger partial charge in [-0.25, -0.2) is 4.98 Å². The maximum atomic E-state index is 12.3. The predicted octanol–water partition coefficient (Wildman–Crippen LogP) is 4.32. The average Bonchev–Trinajstić information content (AvgIpc) is 2.56. The quantitative estimate of drug-likeness (QED) is 0.767. The van der Waals surface area contributed by atoms with E-state index in [0.29, 0.717) is 22.0 Å². The highest BCUT2D eigenvalue weighted by Gasteiger charge is 2.11. The maximum Gasteiger partial charge on any atom is 0.275 e. The fourth-order valence-corrected chi connectivity index (χ4v) is 2.41. The molecule has 0 aliphatic heterocycles. The van der Waals surface area contributed by atoms with Crippen LogP contribution in [0.3, 0.4) is 0 Å². The van der Waals surface area contributed by atoms with E-state index in [9.17, 15) is 4.79 Å². The van der Waals surface area contributed by atoms with Gasteiger partial charge in [-0.2, -0.15) is 0 Å². The Bertz CT molecular complexity index is 896. The van der Waals surface area contributed by atoms with Gasteiger partial charge < -0.3 is 10.1 Å². The van der Waals surface area contributed by atoms with Crippen molar-refractivity contribution in [3.05, 3.63) is 59.4 Å². The normalized spacial score (nSPS) is 10.8. The van der Waals surface area contributed by atoms with Crippen molar-refractivity contribution in [2.24, 2.45) is 0 Å². The van der Waals surface area contributed by atoms with Crippen LogP contribution < -0.4 is 10.1 Å². The third-order valence-corrected chi connectivity index (χ3v) is 3.53. The SMILES string of the molecule is CC(C)Oc1ccc(NC(=O)c2cnc3ccccc3n2)cc1Cl. The predicted molar refractivity (Wildman–Crippen MR) is 94.7 cm³/mol. The van der Waals surface area contributed by atoms with Gasteiger partial charge in [0, 0.05) is 5.69 Å². The number of para-hydroxylation sites is 2. The van der Waals surface area contributed by atoms with Crippen molar-refractivity contribution in [2.45, 2.75) is 20.0 Å². The molecule has 1 amide bonds. The van der Waals surface area contributed by atoms with Crippen molar-refractivity contribution >= 4 is 34.2 Å². The van der Waals surface area contributed by atoms with Gasteiger partial charge >= 0.3 is 0 Å². The number of aromatic nitrogens is 2. The molecule has 5 nitrogen and oxygen atoms in total. The number of nitrogens with one attached hydrogen (secondary N) is 1. The van der Waals surface area contributed by atoms with Crippen LogP contribution in [0.4, 0.5) is 5.69 Å². The molecule has 1 aromatic heterocycles. The first kappa shape index (κ1) is 16.2. The molecular weight excluding hydrogens is 326 g/mol. The first-order valence-corrected chi connectivity index (χ1v) is 7.90. The summed E-state index contributed by atoms with van der Waals surface area (Å²) in [5.41, 5.74) is 2.22. The number of fused-ring (bicyclic) bond motifs is 1. The van der Waals surface area contributed by atoms with Crippen molar-refractivity contribution in [2.75, 3.05) is 5.32 Å². The first-order valence-electron chi connectivity index (χ1n) is 7.52. The molecule has 6 heteroatoms. The molecule has 0 aliphatic carbocycles. The smallest absolute Gasteiger partial charge is 0.275 e. The van der Waals surface area contributed by atoms with E-state index in [1.165, 1.54) is 6.20 Å². The maximum absolute atomic E-state index is 12.3. The number of amides is 1. The van der Waals surface area contributed by atoms with Crippen LogP contribution in [-0.4, -0.2) is 22.0 Å². The molecule has 2 aromatic carbocycles. The van der Waals surface area contributed by atoms with Gasteiger partial charge in [0.15, 0.2) is 0 Å². The van der Waals surface area contributed by atoms with Crippen molar-refractivity contribution in [3.8, 4) is 5.75 Å². The molecule has 1 N–H and O–H groups in total. The Morgan fingerprint density at radius 2 is 1.92 bits per heavy atom. The minimum absolute atomic E-state index is 0.0239. The first-order chi connectivity index (χ1) is 11.5. The molecule has 0 spiro atoms. The largest absolute Gasteiger partial charge is 0.489 e. The van der Waals surface area contributed by atoms with Crippen LogP contribution in [0, 0.1) is 0 Å². The molecule has 0 bridgehead atoms. The topological polar surface area (TPSA) is 64.1 Å². The van der Waals surface area contributed by atoms with Crippen LogP contribution in [0.2, 0.25) is 5.02 Å². The van der Waals surface area contributed by atoms with Crippen LogP contribution in [0.5, 0.6) is 5.75 Å². The van der Waals surface area contributed by atoms with Gasteiger partial charge in [-0.05, 0) is 44.2 Å². The van der Waals surface area contributed by atoms with Crippen LogP contribution in [0.25, 0.3) is 11.0 Å². The van der Waals surface area contributed by atoms with E-state index in [1.807, 2.05) is 38.1 Å². The van der Waals surface area contributed by atoms with E-state index in [-0.39, 0.29) is 17.7 Å². The molecule has 0 saturated heterocycles. The van der Waals surface area contributed by atoms with Crippen LogP contribution in [-0.2, 0) is 0 Å². The second kappa shape index (κ2) is 6.84. The lowest BCUT2D eigenvalue weighted by atomic mass is 10.2. The van der Waals surface area contributed by atoms with Crippen LogP contribution in [0.1, 0.15) is 24.3 Å². The van der Waals surface area contributed by atoms with Crippen molar-refractivity contribution in [3.63, 3.8) is 0 Å². The molecule has 0 radical (unpaired) electrons. The van der Waals surface area contributed by atoms with E-state index in [0.717, 1.165) is 5.52 Å².